The number of benzene rings is 1. The summed E-state index contributed by atoms with van der Waals surface area (Å²) in [5.74, 6) is -0.476. The highest BCUT2D eigenvalue weighted by Gasteiger charge is 2.31. The summed E-state index contributed by atoms with van der Waals surface area (Å²) in [4.78, 5) is 31.5. The number of piperidine rings is 1. The lowest BCUT2D eigenvalue weighted by atomic mass is 9.97. The molecule has 0 spiro atoms. The van der Waals surface area contributed by atoms with E-state index in [-0.39, 0.29) is 17.7 Å². The number of aromatic nitrogens is 2. The molecule has 3 aromatic rings. The smallest absolute Gasteiger partial charge is 0.272 e. The van der Waals surface area contributed by atoms with Crippen LogP contribution in [0, 0.1) is 5.92 Å². The molecule has 2 aromatic heterocycles. The Morgan fingerprint density at radius 3 is 2.89 bits per heavy atom. The largest absolute Gasteiger partial charge is 0.338 e. The summed E-state index contributed by atoms with van der Waals surface area (Å²) in [6, 6.07) is 7.68. The Morgan fingerprint density at radius 2 is 2.15 bits per heavy atom. The Kier molecular flexibility index (Phi) is 4.88. The number of carbonyl (C=O) groups excluding carboxylic acids is 2. The van der Waals surface area contributed by atoms with Crippen molar-refractivity contribution in [3.05, 3.63) is 46.6 Å². The minimum absolute atomic E-state index is 0.0920. The van der Waals surface area contributed by atoms with Crippen molar-refractivity contribution in [3.8, 4) is 0 Å². The number of nitrogens with zero attached hydrogens (tertiary/aromatic N) is 3. The molecule has 140 valence electrons. The van der Waals surface area contributed by atoms with E-state index in [4.69, 9.17) is 11.6 Å². The molecule has 8 heteroatoms. The Balaban J connectivity index is 1.55. The Bertz CT molecular complexity index is 960. The average Bonchev–Trinajstić information content (AvgIpc) is 3.29. The topological polar surface area (TPSA) is 67.2 Å². The summed E-state index contributed by atoms with van der Waals surface area (Å²) >= 11 is 7.90. The third kappa shape index (κ3) is 3.33. The van der Waals surface area contributed by atoms with Gasteiger partial charge in [-0.1, -0.05) is 29.8 Å². The first-order chi connectivity index (χ1) is 13.1. The minimum Gasteiger partial charge on any atom is -0.338 e. The fourth-order valence-corrected chi connectivity index (χ4v) is 4.50. The Hall–Kier alpha value is -2.38. The van der Waals surface area contributed by atoms with Crippen LogP contribution in [0.2, 0.25) is 5.02 Å². The van der Waals surface area contributed by atoms with Gasteiger partial charge >= 0.3 is 0 Å². The van der Waals surface area contributed by atoms with Gasteiger partial charge in [0.25, 0.3) is 5.91 Å². The first kappa shape index (κ1) is 18.0. The second kappa shape index (κ2) is 7.32. The zero-order valence-electron chi connectivity index (χ0n) is 14.8. The molecule has 2 amide bonds. The fraction of sp³-hybridized carbons (Fsp3) is 0.316. The van der Waals surface area contributed by atoms with Crippen LogP contribution < -0.4 is 5.32 Å². The van der Waals surface area contributed by atoms with Crippen molar-refractivity contribution < 1.29 is 9.59 Å². The van der Waals surface area contributed by atoms with Crippen LogP contribution in [0.15, 0.2) is 35.8 Å². The first-order valence-corrected chi connectivity index (χ1v) is 10.0. The number of carbonyl (C=O) groups is 2. The van der Waals surface area contributed by atoms with E-state index in [0.717, 1.165) is 23.7 Å². The summed E-state index contributed by atoms with van der Waals surface area (Å²) in [5.41, 5.74) is 1.39. The number of rotatable bonds is 3. The molecule has 1 fully saturated rings. The maximum atomic E-state index is 13.2. The Labute approximate surface area is 165 Å². The van der Waals surface area contributed by atoms with Crippen molar-refractivity contribution in [1.29, 1.82) is 0 Å². The molecular formula is C19H19ClN4O2S. The molecule has 1 atom stereocenters. The van der Waals surface area contributed by atoms with Gasteiger partial charge in [0.1, 0.15) is 5.69 Å². The van der Waals surface area contributed by atoms with E-state index in [9.17, 15) is 9.59 Å². The number of nitrogens with one attached hydrogen (secondary N) is 1. The maximum Gasteiger partial charge on any atom is 0.272 e. The van der Waals surface area contributed by atoms with Gasteiger partial charge in [0.15, 0.2) is 5.13 Å². The van der Waals surface area contributed by atoms with Crippen LogP contribution in [-0.4, -0.2) is 39.4 Å². The molecule has 0 radical (unpaired) electrons. The van der Waals surface area contributed by atoms with Crippen LogP contribution in [0.1, 0.15) is 23.3 Å². The van der Waals surface area contributed by atoms with Gasteiger partial charge in [0, 0.05) is 42.6 Å². The lowest BCUT2D eigenvalue weighted by Crippen LogP contribution is -2.44. The molecule has 4 rings (SSSR count). The van der Waals surface area contributed by atoms with Gasteiger partial charge in [0.2, 0.25) is 5.91 Å². The van der Waals surface area contributed by atoms with Crippen LogP contribution in [0.5, 0.6) is 0 Å². The van der Waals surface area contributed by atoms with Crippen LogP contribution in [0.4, 0.5) is 5.13 Å². The van der Waals surface area contributed by atoms with Gasteiger partial charge in [-0.25, -0.2) is 4.98 Å². The second-order valence-corrected chi connectivity index (χ2v) is 7.93. The highest BCUT2D eigenvalue weighted by atomic mass is 35.5. The maximum absolute atomic E-state index is 13.2. The molecule has 6 nitrogen and oxygen atoms in total. The first-order valence-electron chi connectivity index (χ1n) is 8.79. The normalized spacial score (nSPS) is 17.3. The second-order valence-electron chi connectivity index (χ2n) is 6.66. The van der Waals surface area contributed by atoms with Crippen LogP contribution in [-0.2, 0) is 11.8 Å². The van der Waals surface area contributed by atoms with E-state index in [1.54, 1.807) is 11.1 Å². The summed E-state index contributed by atoms with van der Waals surface area (Å²) in [6.45, 7) is 1.01. The molecular weight excluding hydrogens is 384 g/mol. The zero-order chi connectivity index (χ0) is 19.0. The van der Waals surface area contributed by atoms with Gasteiger partial charge in [0.05, 0.1) is 10.9 Å². The molecule has 1 aliphatic rings. The molecule has 3 heterocycles. The summed E-state index contributed by atoms with van der Waals surface area (Å²) in [5, 5.41) is 6.56. The van der Waals surface area contributed by atoms with Crippen molar-refractivity contribution >= 4 is 50.8 Å². The molecule has 1 N–H and O–H groups in total. The number of hydrogen-bond acceptors (Lipinski definition) is 4. The van der Waals surface area contributed by atoms with Crippen molar-refractivity contribution in [2.75, 3.05) is 18.4 Å². The van der Waals surface area contributed by atoms with Gasteiger partial charge < -0.3 is 14.8 Å². The number of halogens is 1. The number of thiazole rings is 1. The zero-order valence-corrected chi connectivity index (χ0v) is 16.4. The molecule has 1 aromatic carbocycles. The van der Waals surface area contributed by atoms with Crippen LogP contribution in [0.3, 0.4) is 0 Å². The molecule has 27 heavy (non-hydrogen) atoms. The predicted molar refractivity (Wildman–Crippen MR) is 107 cm³/mol. The third-order valence-electron chi connectivity index (χ3n) is 4.99. The summed E-state index contributed by atoms with van der Waals surface area (Å²) < 4.78 is 1.83. The van der Waals surface area contributed by atoms with E-state index in [2.05, 4.69) is 10.3 Å². The molecule has 0 aliphatic carbocycles. The monoisotopic (exact) mass is 402 g/mol. The molecule has 0 saturated carbocycles. The van der Waals surface area contributed by atoms with Crippen molar-refractivity contribution in [1.82, 2.24) is 14.5 Å². The summed E-state index contributed by atoms with van der Waals surface area (Å²) in [6.07, 6.45) is 3.19. The van der Waals surface area contributed by atoms with Crippen LogP contribution >= 0.6 is 22.9 Å². The highest BCUT2D eigenvalue weighted by Crippen LogP contribution is 2.31. The summed E-state index contributed by atoms with van der Waals surface area (Å²) in [7, 11) is 1.85. The number of aryl methyl sites for hydroxylation is 1. The molecule has 0 bridgehead atoms. The number of hydrogen-bond donors (Lipinski definition) is 1. The van der Waals surface area contributed by atoms with E-state index in [1.165, 1.54) is 11.3 Å². The fourth-order valence-electron chi connectivity index (χ4n) is 3.60. The number of fused-ring (bicyclic) bond motifs is 1. The third-order valence-corrected chi connectivity index (χ3v) is 6.06. The lowest BCUT2D eigenvalue weighted by Gasteiger charge is -2.32. The molecule has 1 aliphatic heterocycles. The number of anilines is 1. The van der Waals surface area contributed by atoms with Crippen LogP contribution in [0.25, 0.3) is 10.9 Å². The number of likely N-dealkylation sites (tertiary alicyclic amines) is 1. The van der Waals surface area contributed by atoms with E-state index in [0.29, 0.717) is 28.9 Å². The van der Waals surface area contributed by atoms with E-state index >= 15 is 0 Å². The van der Waals surface area contributed by atoms with Gasteiger partial charge in [-0.15, -0.1) is 11.3 Å². The van der Waals surface area contributed by atoms with E-state index in [1.807, 2.05) is 41.3 Å². The molecule has 1 unspecified atom stereocenters. The van der Waals surface area contributed by atoms with E-state index < -0.39 is 0 Å². The highest BCUT2D eigenvalue weighted by molar-refractivity contribution is 7.13. The van der Waals surface area contributed by atoms with Crippen molar-refractivity contribution in [2.45, 2.75) is 12.8 Å². The quantitative estimate of drug-likeness (QED) is 0.724. The number of amides is 2. The Morgan fingerprint density at radius 1 is 1.33 bits per heavy atom. The average molecular weight is 403 g/mol. The van der Waals surface area contributed by atoms with Gasteiger partial charge in [-0.3, -0.25) is 9.59 Å². The SMILES string of the molecule is Cn1c(C(=O)N2CCCC(C(=O)Nc3nccs3)C2)c(Cl)c2ccccc21. The van der Waals surface area contributed by atoms with Gasteiger partial charge in [-0.05, 0) is 18.9 Å². The number of para-hydroxylation sites is 1. The predicted octanol–water partition coefficient (Wildman–Crippen LogP) is 3.78. The minimum atomic E-state index is -0.250. The van der Waals surface area contributed by atoms with Crippen molar-refractivity contribution in [3.63, 3.8) is 0 Å². The standard InChI is InChI=1S/C19H19ClN4O2S/c1-23-14-7-3-2-6-13(14)15(20)16(23)18(26)24-9-4-5-12(11-24)17(25)22-19-21-8-10-27-19/h2-3,6-8,10,12H,4-5,9,11H2,1H3,(H,21,22,25). The molecule has 1 saturated heterocycles. The lowest BCUT2D eigenvalue weighted by molar-refractivity contribution is -0.121. The van der Waals surface area contributed by atoms with Gasteiger partial charge in [-0.2, -0.15) is 0 Å². The van der Waals surface area contributed by atoms with Crippen molar-refractivity contribution in [2.24, 2.45) is 13.0 Å².